The van der Waals surface area contributed by atoms with Gasteiger partial charge in [-0.05, 0) is 37.0 Å². The van der Waals surface area contributed by atoms with Crippen LogP contribution >= 0.6 is 11.6 Å². The molecule has 0 radical (unpaired) electrons. The molecule has 1 aliphatic rings. The molecule has 1 aromatic carbocycles. The molecule has 0 unspecified atom stereocenters. The molecule has 3 nitrogen and oxygen atoms in total. The summed E-state index contributed by atoms with van der Waals surface area (Å²) >= 11 is 6.01. The third-order valence-electron chi connectivity index (χ3n) is 3.87. The molecular formula is C15H20ClNO2. The maximum atomic E-state index is 12.4. The Morgan fingerprint density at radius 1 is 1.37 bits per heavy atom. The van der Waals surface area contributed by atoms with Gasteiger partial charge >= 0.3 is 0 Å². The molecule has 0 spiro atoms. The fourth-order valence-electron chi connectivity index (χ4n) is 2.93. The highest BCUT2D eigenvalue weighted by Crippen LogP contribution is 2.41. The minimum absolute atomic E-state index is 0.0149. The summed E-state index contributed by atoms with van der Waals surface area (Å²) in [6.45, 7) is 0.315. The standard InChI is InChI=1S/C15H20ClNO2/c16-13-5-3-4-12(10-13)11-15(6-1-2-7-15)14(19)17-8-9-18/h3-5,10,18H,1-2,6-9,11H2,(H,17,19). The van der Waals surface area contributed by atoms with E-state index in [1.807, 2.05) is 24.3 Å². The zero-order chi connectivity index (χ0) is 13.7. The molecule has 4 heteroatoms. The van der Waals surface area contributed by atoms with Gasteiger partial charge in [0.05, 0.1) is 12.0 Å². The molecule has 1 aliphatic carbocycles. The van der Waals surface area contributed by atoms with Gasteiger partial charge in [-0.2, -0.15) is 0 Å². The highest BCUT2D eigenvalue weighted by molar-refractivity contribution is 6.30. The second kappa shape index (κ2) is 6.40. The maximum absolute atomic E-state index is 12.4. The summed E-state index contributed by atoms with van der Waals surface area (Å²) in [5, 5.41) is 12.4. The Hall–Kier alpha value is -1.06. The monoisotopic (exact) mass is 281 g/mol. The Morgan fingerprint density at radius 3 is 2.74 bits per heavy atom. The number of benzene rings is 1. The Bertz CT molecular complexity index is 442. The van der Waals surface area contributed by atoms with E-state index in [0.717, 1.165) is 37.7 Å². The zero-order valence-corrected chi connectivity index (χ0v) is 11.7. The number of amides is 1. The zero-order valence-electron chi connectivity index (χ0n) is 11.0. The van der Waals surface area contributed by atoms with Crippen LogP contribution in [0.4, 0.5) is 0 Å². The number of hydrogen-bond donors (Lipinski definition) is 2. The lowest BCUT2D eigenvalue weighted by atomic mass is 9.79. The summed E-state index contributed by atoms with van der Waals surface area (Å²) in [5.41, 5.74) is 0.786. The minimum atomic E-state index is -0.320. The lowest BCUT2D eigenvalue weighted by Crippen LogP contribution is -2.41. The molecule has 1 fully saturated rings. The van der Waals surface area contributed by atoms with Crippen molar-refractivity contribution in [2.75, 3.05) is 13.2 Å². The lowest BCUT2D eigenvalue weighted by molar-refractivity contribution is -0.131. The molecule has 0 atom stereocenters. The first-order chi connectivity index (χ1) is 9.16. The van der Waals surface area contributed by atoms with Gasteiger partial charge in [0, 0.05) is 11.6 Å². The van der Waals surface area contributed by atoms with Crippen molar-refractivity contribution in [1.29, 1.82) is 0 Å². The van der Waals surface area contributed by atoms with Crippen LogP contribution < -0.4 is 5.32 Å². The Labute approximate surface area is 119 Å². The molecule has 2 N–H and O–H groups in total. The second-order valence-electron chi connectivity index (χ2n) is 5.27. The molecule has 0 bridgehead atoms. The van der Waals surface area contributed by atoms with Gasteiger partial charge in [0.1, 0.15) is 0 Å². The van der Waals surface area contributed by atoms with Crippen molar-refractivity contribution in [3.63, 3.8) is 0 Å². The molecule has 0 saturated heterocycles. The normalized spacial score (nSPS) is 17.4. The SMILES string of the molecule is O=C(NCCO)C1(Cc2cccc(Cl)c2)CCCC1. The summed E-state index contributed by atoms with van der Waals surface area (Å²) in [6.07, 6.45) is 4.73. The van der Waals surface area contributed by atoms with E-state index in [9.17, 15) is 4.79 Å². The van der Waals surface area contributed by atoms with Crippen molar-refractivity contribution >= 4 is 17.5 Å². The third-order valence-corrected chi connectivity index (χ3v) is 4.11. The van der Waals surface area contributed by atoms with Crippen LogP contribution in [0.3, 0.4) is 0 Å². The van der Waals surface area contributed by atoms with Gasteiger partial charge in [0.2, 0.25) is 5.91 Å². The predicted octanol–water partition coefficient (Wildman–Crippen LogP) is 2.55. The fraction of sp³-hybridized carbons (Fsp3) is 0.533. The number of aliphatic hydroxyl groups is 1. The molecule has 1 saturated carbocycles. The molecule has 1 amide bonds. The number of carbonyl (C=O) groups is 1. The van der Waals surface area contributed by atoms with Gasteiger partial charge in [0.15, 0.2) is 0 Å². The first kappa shape index (κ1) is 14.4. The van der Waals surface area contributed by atoms with Gasteiger partial charge in [-0.1, -0.05) is 36.6 Å². The summed E-state index contributed by atoms with van der Waals surface area (Å²) in [4.78, 5) is 12.4. The summed E-state index contributed by atoms with van der Waals surface area (Å²) in [6, 6.07) is 7.72. The molecule has 0 aromatic heterocycles. The van der Waals surface area contributed by atoms with E-state index in [4.69, 9.17) is 16.7 Å². The van der Waals surface area contributed by atoms with Gasteiger partial charge in [-0.3, -0.25) is 4.79 Å². The van der Waals surface area contributed by atoms with Gasteiger partial charge < -0.3 is 10.4 Å². The Kier molecular flexibility index (Phi) is 4.83. The van der Waals surface area contributed by atoms with Crippen LogP contribution in [0.25, 0.3) is 0 Å². The fourth-order valence-corrected chi connectivity index (χ4v) is 3.14. The highest BCUT2D eigenvalue weighted by Gasteiger charge is 2.40. The topological polar surface area (TPSA) is 49.3 Å². The molecule has 0 aliphatic heterocycles. The van der Waals surface area contributed by atoms with Crippen molar-refractivity contribution in [2.45, 2.75) is 32.1 Å². The smallest absolute Gasteiger partial charge is 0.226 e. The Morgan fingerprint density at radius 2 is 2.11 bits per heavy atom. The van der Waals surface area contributed by atoms with E-state index in [2.05, 4.69) is 5.32 Å². The van der Waals surface area contributed by atoms with Crippen LogP contribution in [0.2, 0.25) is 5.02 Å². The van der Waals surface area contributed by atoms with Crippen LogP contribution in [0.1, 0.15) is 31.2 Å². The molecule has 0 heterocycles. The molecule has 2 rings (SSSR count). The second-order valence-corrected chi connectivity index (χ2v) is 5.71. The largest absolute Gasteiger partial charge is 0.395 e. The van der Waals surface area contributed by atoms with Gasteiger partial charge in [-0.25, -0.2) is 0 Å². The van der Waals surface area contributed by atoms with Crippen molar-refractivity contribution in [3.8, 4) is 0 Å². The van der Waals surface area contributed by atoms with Gasteiger partial charge in [0.25, 0.3) is 0 Å². The van der Waals surface area contributed by atoms with E-state index in [0.29, 0.717) is 11.6 Å². The summed E-state index contributed by atoms with van der Waals surface area (Å²) < 4.78 is 0. The van der Waals surface area contributed by atoms with Crippen molar-refractivity contribution in [1.82, 2.24) is 5.32 Å². The maximum Gasteiger partial charge on any atom is 0.226 e. The van der Waals surface area contributed by atoms with Crippen LogP contribution in [0, 0.1) is 5.41 Å². The van der Waals surface area contributed by atoms with E-state index < -0.39 is 0 Å². The van der Waals surface area contributed by atoms with Crippen molar-refractivity contribution < 1.29 is 9.90 Å². The first-order valence-electron chi connectivity index (χ1n) is 6.80. The molecule has 19 heavy (non-hydrogen) atoms. The highest BCUT2D eigenvalue weighted by atomic mass is 35.5. The number of hydrogen-bond acceptors (Lipinski definition) is 2. The van der Waals surface area contributed by atoms with E-state index in [1.54, 1.807) is 0 Å². The molecule has 1 aromatic rings. The number of aliphatic hydroxyl groups excluding tert-OH is 1. The van der Waals surface area contributed by atoms with Crippen LogP contribution in [-0.4, -0.2) is 24.2 Å². The predicted molar refractivity (Wildman–Crippen MR) is 76.2 cm³/mol. The molecule has 104 valence electrons. The van der Waals surface area contributed by atoms with Crippen LogP contribution in [-0.2, 0) is 11.2 Å². The third kappa shape index (κ3) is 3.48. The van der Waals surface area contributed by atoms with Crippen LogP contribution in [0.15, 0.2) is 24.3 Å². The first-order valence-corrected chi connectivity index (χ1v) is 7.18. The van der Waals surface area contributed by atoms with E-state index in [-0.39, 0.29) is 17.9 Å². The minimum Gasteiger partial charge on any atom is -0.395 e. The summed E-state index contributed by atoms with van der Waals surface area (Å²) in [7, 11) is 0. The average Bonchev–Trinajstić information content (AvgIpc) is 2.85. The van der Waals surface area contributed by atoms with Crippen molar-refractivity contribution in [3.05, 3.63) is 34.9 Å². The van der Waals surface area contributed by atoms with Crippen molar-refractivity contribution in [2.24, 2.45) is 5.41 Å². The number of halogens is 1. The Balaban J connectivity index is 2.13. The van der Waals surface area contributed by atoms with Crippen LogP contribution in [0.5, 0.6) is 0 Å². The van der Waals surface area contributed by atoms with E-state index in [1.165, 1.54) is 0 Å². The molecular weight excluding hydrogens is 262 g/mol. The number of carbonyl (C=O) groups excluding carboxylic acids is 1. The van der Waals surface area contributed by atoms with E-state index >= 15 is 0 Å². The quantitative estimate of drug-likeness (QED) is 0.871. The lowest BCUT2D eigenvalue weighted by Gasteiger charge is -2.27. The average molecular weight is 282 g/mol. The number of nitrogens with one attached hydrogen (secondary N) is 1. The summed E-state index contributed by atoms with van der Waals surface area (Å²) in [5.74, 6) is 0.0685. The van der Waals surface area contributed by atoms with Gasteiger partial charge in [-0.15, -0.1) is 0 Å². The number of rotatable bonds is 5.